The Morgan fingerprint density at radius 2 is 1.75 bits per heavy atom. The first-order chi connectivity index (χ1) is 24.3. The minimum absolute atomic E-state index is 0.0128. The smallest absolute Gasteiger partial charge is 0.255 e. The fraction of sp³-hybridized carbons (Fsp3) is 0.222. The topological polar surface area (TPSA) is 149 Å². The Morgan fingerprint density at radius 3 is 2.39 bits per heavy atom. The number of carbonyl (C=O) groups is 1. The molecular formula is C36H31F2N3O8S2. The maximum Gasteiger partial charge on any atom is 0.255 e. The number of fused-ring (bicyclic) bond motifs is 2. The molecule has 0 saturated carbocycles. The quantitative estimate of drug-likeness (QED) is 0.178. The fourth-order valence-corrected chi connectivity index (χ4v) is 9.30. The van der Waals surface area contributed by atoms with Gasteiger partial charge in [-0.05, 0) is 72.5 Å². The van der Waals surface area contributed by atoms with Crippen LogP contribution in [0.25, 0.3) is 56.0 Å². The van der Waals surface area contributed by atoms with Crippen molar-refractivity contribution in [3.8, 4) is 39.7 Å². The molecule has 1 unspecified atom stereocenters. The Kier molecular flexibility index (Phi) is 8.58. The Labute approximate surface area is 291 Å². The van der Waals surface area contributed by atoms with Gasteiger partial charge in [0.2, 0.25) is 15.9 Å². The highest BCUT2D eigenvalue weighted by molar-refractivity contribution is 7.92. The number of rotatable bonds is 9. The van der Waals surface area contributed by atoms with Crippen LogP contribution in [0.2, 0.25) is 0 Å². The second kappa shape index (κ2) is 12.8. The third-order valence-corrected chi connectivity index (χ3v) is 11.9. The summed E-state index contributed by atoms with van der Waals surface area (Å²) in [6.45, 7) is -0.141. The highest BCUT2D eigenvalue weighted by Gasteiger charge is 2.34. The van der Waals surface area contributed by atoms with E-state index in [4.69, 9.17) is 13.6 Å². The number of para-hydroxylation sites is 1. The minimum atomic E-state index is -4.04. The number of ether oxygens (including phenoxy) is 1. The number of halogens is 2. The SMILES string of the molecule is CNC(=O)c1c(-c2ccc(F)cc2)oc2cc(N(CC3CCS(=O)(=O)C3)S(C)(=O)=O)c(-c3ccc(OC)c(-c4nc5c(F)cccc5o4)c3)cc12. The molecule has 6 aromatic rings. The number of anilines is 1. The summed E-state index contributed by atoms with van der Waals surface area (Å²) >= 11 is 0. The van der Waals surface area contributed by atoms with Gasteiger partial charge < -0.3 is 18.9 Å². The number of nitrogens with zero attached hydrogens (tertiary/aromatic N) is 2. The Hall–Kier alpha value is -5.28. The summed E-state index contributed by atoms with van der Waals surface area (Å²) in [7, 11) is -4.49. The molecular weight excluding hydrogens is 705 g/mol. The average molecular weight is 736 g/mol. The maximum atomic E-state index is 14.6. The molecule has 2 aromatic heterocycles. The molecule has 1 aliphatic heterocycles. The van der Waals surface area contributed by atoms with E-state index in [-0.39, 0.29) is 64.1 Å². The Morgan fingerprint density at radius 1 is 1.00 bits per heavy atom. The number of amides is 1. The second-order valence-electron chi connectivity index (χ2n) is 12.3. The minimum Gasteiger partial charge on any atom is -0.496 e. The summed E-state index contributed by atoms with van der Waals surface area (Å²) in [5.41, 5.74) is 2.15. The first-order valence-electron chi connectivity index (χ1n) is 15.8. The van der Waals surface area contributed by atoms with Crippen LogP contribution in [0, 0.1) is 17.6 Å². The number of methoxy groups -OCH3 is 1. The number of benzene rings is 4. The molecule has 0 radical (unpaired) electrons. The normalized spacial score (nSPS) is 15.7. The Balaban J connectivity index is 1.50. The molecule has 0 bridgehead atoms. The second-order valence-corrected chi connectivity index (χ2v) is 16.5. The summed E-state index contributed by atoms with van der Waals surface area (Å²) in [5.74, 6) is -1.79. The number of hydrogen-bond acceptors (Lipinski definition) is 9. The average Bonchev–Trinajstić information content (AvgIpc) is 3.80. The third-order valence-electron chi connectivity index (χ3n) is 8.90. The van der Waals surface area contributed by atoms with Crippen LogP contribution in [0.3, 0.4) is 0 Å². The van der Waals surface area contributed by atoms with E-state index < -0.39 is 43.3 Å². The Bertz CT molecular complexity index is 2570. The van der Waals surface area contributed by atoms with Gasteiger partial charge in [0, 0.05) is 36.2 Å². The van der Waals surface area contributed by atoms with Gasteiger partial charge in [-0.2, -0.15) is 0 Å². The number of oxazole rings is 1. The van der Waals surface area contributed by atoms with Gasteiger partial charge in [-0.25, -0.2) is 30.6 Å². The van der Waals surface area contributed by atoms with Gasteiger partial charge in [0.25, 0.3) is 5.91 Å². The number of furan rings is 1. The van der Waals surface area contributed by atoms with E-state index in [1.807, 2.05) is 0 Å². The van der Waals surface area contributed by atoms with E-state index in [2.05, 4.69) is 10.3 Å². The van der Waals surface area contributed by atoms with E-state index in [9.17, 15) is 30.4 Å². The van der Waals surface area contributed by atoms with Crippen molar-refractivity contribution in [2.45, 2.75) is 6.42 Å². The van der Waals surface area contributed by atoms with E-state index in [0.717, 1.165) is 10.6 Å². The van der Waals surface area contributed by atoms with Crippen LogP contribution in [0.5, 0.6) is 5.75 Å². The van der Waals surface area contributed by atoms with Crippen molar-refractivity contribution < 1.29 is 44.0 Å². The lowest BCUT2D eigenvalue weighted by Gasteiger charge is -2.27. The van der Waals surface area contributed by atoms with E-state index in [0.29, 0.717) is 33.4 Å². The highest BCUT2D eigenvalue weighted by atomic mass is 32.2. The molecule has 4 aromatic carbocycles. The largest absolute Gasteiger partial charge is 0.496 e. The molecule has 15 heteroatoms. The number of carbonyl (C=O) groups excluding carboxylic acids is 1. The molecule has 3 heterocycles. The van der Waals surface area contributed by atoms with Gasteiger partial charge >= 0.3 is 0 Å². The zero-order valence-electron chi connectivity index (χ0n) is 27.6. The van der Waals surface area contributed by atoms with Crippen molar-refractivity contribution in [3.05, 3.63) is 90.0 Å². The van der Waals surface area contributed by atoms with Crippen molar-refractivity contribution in [2.24, 2.45) is 5.92 Å². The molecule has 51 heavy (non-hydrogen) atoms. The summed E-state index contributed by atoms with van der Waals surface area (Å²) in [5, 5.41) is 2.94. The van der Waals surface area contributed by atoms with E-state index in [1.54, 1.807) is 30.3 Å². The van der Waals surface area contributed by atoms with Crippen molar-refractivity contribution >= 4 is 53.5 Å². The molecule has 1 amide bonds. The molecule has 1 saturated heterocycles. The van der Waals surface area contributed by atoms with Gasteiger partial charge in [0.15, 0.2) is 21.2 Å². The van der Waals surface area contributed by atoms with E-state index in [1.165, 1.54) is 56.6 Å². The van der Waals surface area contributed by atoms with Crippen molar-refractivity contribution in [3.63, 3.8) is 0 Å². The van der Waals surface area contributed by atoms with Gasteiger partial charge in [0.05, 0.1) is 41.7 Å². The zero-order valence-corrected chi connectivity index (χ0v) is 29.2. The molecule has 11 nitrogen and oxygen atoms in total. The standard InChI is InChI=1S/C36H31F2N3O8S2/c1-39-35(42)32-25-16-24(22-9-12-29(47-2)26(15-22)36-40-33-27(38)5-4-6-30(33)49-36)28(17-31(25)48-34(32)21-7-10-23(37)11-8-21)41(50(3,43)44)18-20-13-14-51(45,46)19-20/h4-12,15-17,20H,13-14,18-19H2,1-3H3,(H,39,42). The fourth-order valence-electron chi connectivity index (χ4n) is 6.46. The van der Waals surface area contributed by atoms with Crippen LogP contribution in [0.1, 0.15) is 16.8 Å². The van der Waals surface area contributed by atoms with Crippen molar-refractivity contribution in [1.29, 1.82) is 0 Å². The summed E-state index contributed by atoms with van der Waals surface area (Å²) < 4.78 is 99.3. The predicted molar refractivity (Wildman–Crippen MR) is 189 cm³/mol. The molecule has 0 aliphatic carbocycles. The molecule has 264 valence electrons. The molecule has 7 rings (SSSR count). The molecule has 1 fully saturated rings. The van der Waals surface area contributed by atoms with Crippen LogP contribution in [0.15, 0.2) is 81.6 Å². The number of hydrogen-bond donors (Lipinski definition) is 1. The molecule has 1 N–H and O–H groups in total. The number of nitrogens with one attached hydrogen (secondary N) is 1. The van der Waals surface area contributed by atoms with Crippen molar-refractivity contribution in [2.75, 3.05) is 42.8 Å². The third kappa shape index (κ3) is 6.42. The summed E-state index contributed by atoms with van der Waals surface area (Å²) in [6, 6.07) is 17.8. The van der Waals surface area contributed by atoms with Crippen LogP contribution in [0.4, 0.5) is 14.5 Å². The lowest BCUT2D eigenvalue weighted by molar-refractivity contribution is 0.0964. The monoisotopic (exact) mass is 735 g/mol. The lowest BCUT2D eigenvalue weighted by atomic mass is 9.96. The zero-order chi connectivity index (χ0) is 36.2. The molecule has 0 spiro atoms. The highest BCUT2D eigenvalue weighted by Crippen LogP contribution is 2.44. The van der Waals surface area contributed by atoms with Crippen LogP contribution >= 0.6 is 0 Å². The summed E-state index contributed by atoms with van der Waals surface area (Å²) in [6.07, 6.45) is 1.31. The van der Waals surface area contributed by atoms with Crippen LogP contribution in [-0.2, 0) is 19.9 Å². The molecule has 1 atom stereocenters. The predicted octanol–water partition coefficient (Wildman–Crippen LogP) is 6.42. The lowest BCUT2D eigenvalue weighted by Crippen LogP contribution is -2.35. The number of sulfone groups is 1. The number of sulfonamides is 1. The molecule has 1 aliphatic rings. The van der Waals surface area contributed by atoms with Crippen LogP contribution in [-0.4, -0.2) is 66.2 Å². The maximum absolute atomic E-state index is 14.6. The summed E-state index contributed by atoms with van der Waals surface area (Å²) in [4.78, 5) is 17.8. The van der Waals surface area contributed by atoms with E-state index >= 15 is 0 Å². The van der Waals surface area contributed by atoms with Gasteiger partial charge in [-0.1, -0.05) is 12.1 Å². The van der Waals surface area contributed by atoms with Crippen LogP contribution < -0.4 is 14.4 Å². The number of aromatic nitrogens is 1. The van der Waals surface area contributed by atoms with Crippen molar-refractivity contribution in [1.82, 2.24) is 10.3 Å². The first-order valence-corrected chi connectivity index (χ1v) is 19.4. The van der Waals surface area contributed by atoms with Gasteiger partial charge in [0.1, 0.15) is 28.4 Å². The van der Waals surface area contributed by atoms with Gasteiger partial charge in [-0.15, -0.1) is 0 Å². The van der Waals surface area contributed by atoms with Gasteiger partial charge in [-0.3, -0.25) is 9.10 Å². The first kappa shape index (κ1) is 34.2.